The Morgan fingerprint density at radius 2 is 1.81 bits per heavy atom. The van der Waals surface area contributed by atoms with Gasteiger partial charge in [0.25, 0.3) is 5.91 Å². The molecule has 132 valence electrons. The van der Waals surface area contributed by atoms with Gasteiger partial charge in [0.2, 0.25) is 0 Å². The maximum absolute atomic E-state index is 12.4. The molecule has 0 spiro atoms. The SMILES string of the molecule is Cc1cccc(NC(=O)C(C)OC(=O)c2ccc3ccccc3c2O)c1. The zero-order valence-corrected chi connectivity index (χ0v) is 14.5. The van der Waals surface area contributed by atoms with Gasteiger partial charge in [0.15, 0.2) is 6.10 Å². The Kier molecular flexibility index (Phi) is 4.89. The first-order chi connectivity index (χ1) is 12.5. The van der Waals surface area contributed by atoms with Crippen molar-refractivity contribution in [3.63, 3.8) is 0 Å². The summed E-state index contributed by atoms with van der Waals surface area (Å²) < 4.78 is 5.22. The second-order valence-electron chi connectivity index (χ2n) is 6.09. The quantitative estimate of drug-likeness (QED) is 0.697. The minimum atomic E-state index is -1.01. The third-order valence-corrected chi connectivity index (χ3v) is 4.06. The van der Waals surface area contributed by atoms with Crippen LogP contribution in [0.5, 0.6) is 5.75 Å². The molecule has 0 heterocycles. The summed E-state index contributed by atoms with van der Waals surface area (Å²) in [4.78, 5) is 24.6. The summed E-state index contributed by atoms with van der Waals surface area (Å²) in [6, 6.07) is 17.7. The van der Waals surface area contributed by atoms with Gasteiger partial charge in [0, 0.05) is 11.1 Å². The summed E-state index contributed by atoms with van der Waals surface area (Å²) in [7, 11) is 0. The van der Waals surface area contributed by atoms with Crippen LogP contribution in [0, 0.1) is 6.92 Å². The molecule has 26 heavy (non-hydrogen) atoms. The molecular formula is C21H19NO4. The van der Waals surface area contributed by atoms with E-state index in [1.54, 1.807) is 24.3 Å². The van der Waals surface area contributed by atoms with Crippen LogP contribution < -0.4 is 5.32 Å². The van der Waals surface area contributed by atoms with Crippen molar-refractivity contribution >= 4 is 28.3 Å². The van der Waals surface area contributed by atoms with Gasteiger partial charge in [-0.2, -0.15) is 0 Å². The van der Waals surface area contributed by atoms with E-state index in [1.807, 2.05) is 37.3 Å². The Morgan fingerprint density at radius 1 is 1.04 bits per heavy atom. The Bertz CT molecular complexity index is 981. The van der Waals surface area contributed by atoms with Gasteiger partial charge in [-0.3, -0.25) is 4.79 Å². The normalized spacial score (nSPS) is 11.8. The Balaban J connectivity index is 1.73. The van der Waals surface area contributed by atoms with Gasteiger partial charge >= 0.3 is 5.97 Å². The first-order valence-corrected chi connectivity index (χ1v) is 8.25. The molecule has 0 aliphatic heterocycles. The van der Waals surface area contributed by atoms with Crippen LogP contribution in [0.1, 0.15) is 22.8 Å². The standard InChI is InChI=1S/C21H19NO4/c1-13-6-5-8-16(12-13)22-20(24)14(2)26-21(25)18-11-10-15-7-3-4-9-17(15)19(18)23/h3-12,14,23H,1-2H3,(H,22,24). The minimum Gasteiger partial charge on any atom is -0.506 e. The molecule has 1 unspecified atom stereocenters. The van der Waals surface area contributed by atoms with Crippen molar-refractivity contribution in [3.8, 4) is 5.75 Å². The molecule has 0 aliphatic carbocycles. The maximum atomic E-state index is 12.4. The summed E-state index contributed by atoms with van der Waals surface area (Å²) in [5.74, 6) is -1.34. The first-order valence-electron chi connectivity index (χ1n) is 8.25. The largest absolute Gasteiger partial charge is 0.506 e. The van der Waals surface area contributed by atoms with Gasteiger partial charge in [0.1, 0.15) is 11.3 Å². The number of ether oxygens (including phenoxy) is 1. The van der Waals surface area contributed by atoms with E-state index in [-0.39, 0.29) is 11.3 Å². The van der Waals surface area contributed by atoms with E-state index in [9.17, 15) is 14.7 Å². The number of aromatic hydroxyl groups is 1. The van der Waals surface area contributed by atoms with Gasteiger partial charge < -0.3 is 15.2 Å². The molecule has 0 saturated carbocycles. The van der Waals surface area contributed by atoms with Crippen LogP contribution >= 0.6 is 0 Å². The highest BCUT2D eigenvalue weighted by atomic mass is 16.5. The fourth-order valence-electron chi connectivity index (χ4n) is 2.66. The fraction of sp³-hybridized carbons (Fsp3) is 0.143. The molecule has 0 fully saturated rings. The fourth-order valence-corrected chi connectivity index (χ4v) is 2.66. The van der Waals surface area contributed by atoms with Crippen LogP contribution in [0.4, 0.5) is 5.69 Å². The number of hydrogen-bond donors (Lipinski definition) is 2. The highest BCUT2D eigenvalue weighted by Crippen LogP contribution is 2.29. The first kappa shape index (κ1) is 17.5. The summed E-state index contributed by atoms with van der Waals surface area (Å²) in [5, 5.41) is 14.4. The van der Waals surface area contributed by atoms with Gasteiger partial charge in [-0.05, 0) is 43.0 Å². The highest BCUT2D eigenvalue weighted by molar-refractivity contribution is 6.02. The van der Waals surface area contributed by atoms with Gasteiger partial charge in [0.05, 0.1) is 0 Å². The number of phenolic OH excluding ortho intramolecular Hbond substituents is 1. The molecule has 0 aliphatic rings. The third kappa shape index (κ3) is 3.67. The van der Waals surface area contributed by atoms with Crippen molar-refractivity contribution in [1.82, 2.24) is 0 Å². The van der Waals surface area contributed by atoms with Crippen LogP contribution in [-0.4, -0.2) is 23.1 Å². The minimum absolute atomic E-state index is 0.0268. The Hall–Kier alpha value is -3.34. The summed E-state index contributed by atoms with van der Waals surface area (Å²) in [6.45, 7) is 3.41. The van der Waals surface area contributed by atoms with Crippen LogP contribution in [0.2, 0.25) is 0 Å². The van der Waals surface area contributed by atoms with Crippen molar-refractivity contribution in [2.24, 2.45) is 0 Å². The zero-order valence-electron chi connectivity index (χ0n) is 14.5. The van der Waals surface area contributed by atoms with E-state index < -0.39 is 18.0 Å². The van der Waals surface area contributed by atoms with E-state index in [0.717, 1.165) is 10.9 Å². The topological polar surface area (TPSA) is 75.6 Å². The molecule has 3 rings (SSSR count). The number of carbonyl (C=O) groups is 2. The van der Waals surface area contributed by atoms with Crippen LogP contribution in [-0.2, 0) is 9.53 Å². The number of fused-ring (bicyclic) bond motifs is 1. The number of amides is 1. The number of esters is 1. The lowest BCUT2D eigenvalue weighted by atomic mass is 10.1. The molecule has 5 heteroatoms. The van der Waals surface area contributed by atoms with Crippen LogP contribution in [0.25, 0.3) is 10.8 Å². The second-order valence-corrected chi connectivity index (χ2v) is 6.09. The van der Waals surface area contributed by atoms with Crippen molar-refractivity contribution in [2.75, 3.05) is 5.32 Å². The predicted molar refractivity (Wildman–Crippen MR) is 100 cm³/mol. The van der Waals surface area contributed by atoms with E-state index >= 15 is 0 Å². The summed E-state index contributed by atoms with van der Waals surface area (Å²) in [5.41, 5.74) is 1.67. The number of rotatable bonds is 4. The highest BCUT2D eigenvalue weighted by Gasteiger charge is 2.22. The number of aryl methyl sites for hydroxylation is 1. The third-order valence-electron chi connectivity index (χ3n) is 4.06. The molecule has 0 bridgehead atoms. The van der Waals surface area contributed by atoms with Gasteiger partial charge in [-0.1, -0.05) is 42.5 Å². The smallest absolute Gasteiger partial charge is 0.342 e. The molecule has 1 atom stereocenters. The number of benzene rings is 3. The van der Waals surface area contributed by atoms with Crippen molar-refractivity contribution in [2.45, 2.75) is 20.0 Å². The number of carbonyl (C=O) groups excluding carboxylic acids is 2. The lowest BCUT2D eigenvalue weighted by Crippen LogP contribution is -2.30. The number of phenols is 1. The second kappa shape index (κ2) is 7.27. The lowest BCUT2D eigenvalue weighted by molar-refractivity contribution is -0.123. The molecular weight excluding hydrogens is 330 g/mol. The van der Waals surface area contributed by atoms with Gasteiger partial charge in [-0.25, -0.2) is 4.79 Å². The number of anilines is 1. The van der Waals surface area contributed by atoms with E-state index in [2.05, 4.69) is 5.32 Å². The maximum Gasteiger partial charge on any atom is 0.342 e. The van der Waals surface area contributed by atoms with Crippen LogP contribution in [0.3, 0.4) is 0 Å². The molecule has 1 amide bonds. The number of hydrogen-bond acceptors (Lipinski definition) is 4. The molecule has 2 N–H and O–H groups in total. The van der Waals surface area contributed by atoms with Crippen LogP contribution in [0.15, 0.2) is 60.7 Å². The molecule has 0 radical (unpaired) electrons. The Morgan fingerprint density at radius 3 is 2.58 bits per heavy atom. The van der Waals surface area contributed by atoms with Crippen molar-refractivity contribution < 1.29 is 19.4 Å². The average molecular weight is 349 g/mol. The molecule has 0 saturated heterocycles. The summed E-state index contributed by atoms with van der Waals surface area (Å²) >= 11 is 0. The molecule has 3 aromatic carbocycles. The van der Waals surface area contributed by atoms with Gasteiger partial charge in [-0.15, -0.1) is 0 Å². The summed E-state index contributed by atoms with van der Waals surface area (Å²) in [6.07, 6.45) is -1.01. The predicted octanol–water partition coefficient (Wildman–Crippen LogP) is 4.04. The molecule has 3 aromatic rings. The molecule has 5 nitrogen and oxygen atoms in total. The average Bonchev–Trinajstić information content (AvgIpc) is 2.62. The monoisotopic (exact) mass is 349 g/mol. The van der Waals surface area contributed by atoms with E-state index in [4.69, 9.17) is 4.74 Å². The lowest BCUT2D eigenvalue weighted by Gasteiger charge is -2.15. The van der Waals surface area contributed by atoms with E-state index in [0.29, 0.717) is 11.1 Å². The number of nitrogens with one attached hydrogen (secondary N) is 1. The Labute approximate surface area is 151 Å². The van der Waals surface area contributed by atoms with Crippen molar-refractivity contribution in [3.05, 3.63) is 71.8 Å². The van der Waals surface area contributed by atoms with Crippen molar-refractivity contribution in [1.29, 1.82) is 0 Å². The molecule has 0 aromatic heterocycles. The van der Waals surface area contributed by atoms with E-state index in [1.165, 1.54) is 13.0 Å². The zero-order chi connectivity index (χ0) is 18.7.